The summed E-state index contributed by atoms with van der Waals surface area (Å²) in [5, 5.41) is 10.1. The van der Waals surface area contributed by atoms with Gasteiger partial charge in [-0.1, -0.05) is 72.8 Å². The molecular weight excluding hydrogens is 442 g/mol. The van der Waals surface area contributed by atoms with Gasteiger partial charge < -0.3 is 10.8 Å². The Balaban J connectivity index is 0.000000506. The van der Waals surface area contributed by atoms with Crippen molar-refractivity contribution in [2.75, 3.05) is 0 Å². The maximum Gasteiger partial charge on any atom is 0.244 e. The number of hydrogen-bond acceptors (Lipinski definition) is 2. The number of carbonyl (C=O) groups excluding carboxylic acids is 1. The van der Waals surface area contributed by atoms with E-state index < -0.39 is 5.91 Å². The molecule has 208 valence electrons. The molecule has 0 radical (unpaired) electrons. The van der Waals surface area contributed by atoms with Crippen LogP contribution in [0.15, 0.2) is 36.5 Å². The molecular formula is C33H59NO2. The van der Waals surface area contributed by atoms with Crippen molar-refractivity contribution in [1.82, 2.24) is 0 Å². The first kappa shape index (κ1) is 32.7. The Hall–Kier alpha value is -1.35. The third-order valence-corrected chi connectivity index (χ3v) is 10.0. The monoisotopic (exact) mass is 501 g/mol. The van der Waals surface area contributed by atoms with Crippen molar-refractivity contribution in [2.45, 2.75) is 132 Å². The number of rotatable bonds is 6. The van der Waals surface area contributed by atoms with E-state index in [9.17, 15) is 9.90 Å². The average Bonchev–Trinajstić information content (AvgIpc) is 3.23. The summed E-state index contributed by atoms with van der Waals surface area (Å²) in [4.78, 5) is 10.1. The lowest BCUT2D eigenvalue weighted by molar-refractivity contribution is -0.114. The molecule has 3 nitrogen and oxygen atoms in total. The Bertz CT molecular complexity index is 740. The number of unbranched alkanes of at least 4 members (excludes halogenated alkanes) is 1. The topological polar surface area (TPSA) is 63.3 Å². The zero-order valence-electron chi connectivity index (χ0n) is 24.9. The molecule has 3 heteroatoms. The lowest BCUT2D eigenvalue weighted by Crippen LogP contribution is -2.50. The zero-order chi connectivity index (χ0) is 27.5. The summed E-state index contributed by atoms with van der Waals surface area (Å²) in [6, 6.07) is 0. The molecule has 3 saturated carbocycles. The van der Waals surface area contributed by atoms with Crippen molar-refractivity contribution in [2.24, 2.45) is 40.2 Å². The van der Waals surface area contributed by atoms with E-state index in [1.165, 1.54) is 57.8 Å². The van der Waals surface area contributed by atoms with Crippen molar-refractivity contribution in [1.29, 1.82) is 0 Å². The number of allylic oxidation sites excluding steroid dienone is 2. The van der Waals surface area contributed by atoms with Crippen LogP contribution >= 0.6 is 0 Å². The van der Waals surface area contributed by atoms with Gasteiger partial charge in [0.1, 0.15) is 0 Å². The van der Waals surface area contributed by atoms with E-state index in [0.717, 1.165) is 36.5 Å². The normalized spacial score (nSPS) is 35.9. The van der Waals surface area contributed by atoms with E-state index in [1.54, 1.807) is 5.57 Å². The molecule has 0 aromatic rings. The number of carbonyl (C=O) groups is 1. The number of fused-ring (bicyclic) bond motifs is 5. The highest BCUT2D eigenvalue weighted by Gasteiger charge is 2.58. The SMILES string of the molecule is C=C(CC)C(N)=O.C=CCCCC1CCC2C3CC=C4CC(O)CCC4(C)C3CCC12C.CC.CC. The van der Waals surface area contributed by atoms with Crippen LogP contribution in [0, 0.1) is 34.5 Å². The van der Waals surface area contributed by atoms with Crippen molar-refractivity contribution in [3.63, 3.8) is 0 Å². The van der Waals surface area contributed by atoms with Crippen LogP contribution in [0.2, 0.25) is 0 Å². The molecule has 0 saturated heterocycles. The minimum Gasteiger partial charge on any atom is -0.393 e. The van der Waals surface area contributed by atoms with E-state index in [1.807, 2.05) is 34.6 Å². The molecule has 4 aliphatic rings. The summed E-state index contributed by atoms with van der Waals surface area (Å²) in [5.74, 6) is 3.28. The first-order valence-corrected chi connectivity index (χ1v) is 15.1. The van der Waals surface area contributed by atoms with Crippen molar-refractivity contribution in [3.05, 3.63) is 36.5 Å². The second-order valence-electron chi connectivity index (χ2n) is 11.5. The Labute approximate surface area is 224 Å². The molecule has 36 heavy (non-hydrogen) atoms. The fourth-order valence-electron chi connectivity index (χ4n) is 7.91. The maximum absolute atomic E-state index is 10.1. The van der Waals surface area contributed by atoms with Crippen LogP contribution < -0.4 is 5.73 Å². The predicted octanol–water partition coefficient (Wildman–Crippen LogP) is 8.77. The van der Waals surface area contributed by atoms with Gasteiger partial charge in [-0.15, -0.1) is 6.58 Å². The second kappa shape index (κ2) is 15.2. The third kappa shape index (κ3) is 7.15. The second-order valence-corrected chi connectivity index (χ2v) is 11.5. The highest BCUT2D eigenvalue weighted by Crippen LogP contribution is 2.66. The quantitative estimate of drug-likeness (QED) is 0.217. The third-order valence-electron chi connectivity index (χ3n) is 10.0. The van der Waals surface area contributed by atoms with Gasteiger partial charge >= 0.3 is 0 Å². The molecule has 4 aliphatic carbocycles. The van der Waals surface area contributed by atoms with Gasteiger partial charge in [-0.25, -0.2) is 0 Å². The van der Waals surface area contributed by atoms with Gasteiger partial charge in [0, 0.05) is 5.57 Å². The van der Waals surface area contributed by atoms with Crippen LogP contribution in [0.25, 0.3) is 0 Å². The predicted molar refractivity (Wildman–Crippen MR) is 157 cm³/mol. The Morgan fingerprint density at radius 1 is 1.11 bits per heavy atom. The highest BCUT2D eigenvalue weighted by molar-refractivity contribution is 5.91. The van der Waals surface area contributed by atoms with Gasteiger partial charge in [-0.05, 0) is 112 Å². The van der Waals surface area contributed by atoms with Gasteiger partial charge in [0.25, 0.3) is 0 Å². The number of hydrogen-bond donors (Lipinski definition) is 2. The molecule has 7 atom stereocenters. The number of nitrogens with two attached hydrogens (primary N) is 1. The maximum atomic E-state index is 10.1. The van der Waals surface area contributed by atoms with E-state index in [4.69, 9.17) is 5.73 Å². The molecule has 1 amide bonds. The van der Waals surface area contributed by atoms with Gasteiger partial charge in [0.05, 0.1) is 6.10 Å². The summed E-state index contributed by atoms with van der Waals surface area (Å²) in [7, 11) is 0. The molecule has 3 N–H and O–H groups in total. The van der Waals surface area contributed by atoms with Gasteiger partial charge in [0.15, 0.2) is 0 Å². The molecule has 0 aliphatic heterocycles. The number of aliphatic hydroxyl groups is 1. The number of amides is 1. The average molecular weight is 502 g/mol. The van der Waals surface area contributed by atoms with E-state index >= 15 is 0 Å². The Kier molecular flexibility index (Phi) is 13.8. The minimum absolute atomic E-state index is 0.0783. The highest BCUT2D eigenvalue weighted by atomic mass is 16.3. The number of primary amides is 1. The Morgan fingerprint density at radius 2 is 1.78 bits per heavy atom. The van der Waals surface area contributed by atoms with Crippen LogP contribution in [-0.2, 0) is 4.79 Å². The summed E-state index contributed by atoms with van der Waals surface area (Å²) < 4.78 is 0. The molecule has 4 rings (SSSR count). The van der Waals surface area contributed by atoms with Gasteiger partial charge in [-0.2, -0.15) is 0 Å². The summed E-state index contributed by atoms with van der Waals surface area (Å²) in [5.41, 5.74) is 7.89. The smallest absolute Gasteiger partial charge is 0.244 e. The van der Waals surface area contributed by atoms with Crippen LogP contribution in [0.1, 0.15) is 126 Å². The summed E-state index contributed by atoms with van der Waals surface area (Å²) in [6.45, 7) is 22.3. The number of aliphatic hydroxyl groups excluding tert-OH is 1. The van der Waals surface area contributed by atoms with E-state index in [2.05, 4.69) is 39.2 Å². The molecule has 0 spiro atoms. The van der Waals surface area contributed by atoms with E-state index in [-0.39, 0.29) is 6.10 Å². The van der Waals surface area contributed by atoms with Crippen LogP contribution in [0.5, 0.6) is 0 Å². The van der Waals surface area contributed by atoms with Gasteiger partial charge in [-0.3, -0.25) is 4.79 Å². The molecule has 0 bridgehead atoms. The van der Waals surface area contributed by atoms with Crippen molar-refractivity contribution < 1.29 is 9.90 Å². The van der Waals surface area contributed by atoms with Crippen molar-refractivity contribution in [3.8, 4) is 0 Å². The molecule has 0 aromatic heterocycles. The summed E-state index contributed by atoms with van der Waals surface area (Å²) >= 11 is 0. The molecule has 7 unspecified atom stereocenters. The van der Waals surface area contributed by atoms with Crippen LogP contribution in [-0.4, -0.2) is 17.1 Å². The fraction of sp³-hybridized carbons (Fsp3) is 0.788. The first-order chi connectivity index (χ1) is 17.2. The largest absolute Gasteiger partial charge is 0.393 e. The minimum atomic E-state index is -0.400. The lowest BCUT2D eigenvalue weighted by Gasteiger charge is -2.58. The molecule has 3 fully saturated rings. The lowest BCUT2D eigenvalue weighted by atomic mass is 9.47. The standard InChI is InChI=1S/C24H38O.C5H9NO.2C2H6/c1-4-5-6-7-17-9-11-21-20-10-8-18-16-19(25)12-14-24(18,3)22(20)13-15-23(17,21)2;1-3-4(2)5(6)7;2*1-2/h4,8,17,19-22,25H,1,5-7,9-16H2,2-3H3;2-3H2,1H3,(H2,6,7);2*1-2H3. The summed E-state index contributed by atoms with van der Waals surface area (Å²) in [6.07, 6.45) is 19.5. The molecule has 0 aromatic carbocycles. The van der Waals surface area contributed by atoms with Crippen molar-refractivity contribution >= 4 is 5.91 Å². The fourth-order valence-corrected chi connectivity index (χ4v) is 7.91. The van der Waals surface area contributed by atoms with Crippen LogP contribution in [0.3, 0.4) is 0 Å². The molecule has 0 heterocycles. The Morgan fingerprint density at radius 3 is 2.33 bits per heavy atom. The van der Waals surface area contributed by atoms with Crippen LogP contribution in [0.4, 0.5) is 0 Å². The first-order valence-electron chi connectivity index (χ1n) is 15.1. The zero-order valence-corrected chi connectivity index (χ0v) is 24.9. The van der Waals surface area contributed by atoms with Gasteiger partial charge in [0.2, 0.25) is 5.91 Å². The van der Waals surface area contributed by atoms with E-state index in [0.29, 0.717) is 22.8 Å².